The second kappa shape index (κ2) is 3.09. The van der Waals surface area contributed by atoms with Gasteiger partial charge in [0.1, 0.15) is 5.75 Å². The number of phenols is 1. The van der Waals surface area contributed by atoms with E-state index in [1.54, 1.807) is 0 Å². The molecule has 0 aromatic heterocycles. The second-order valence-electron chi connectivity index (χ2n) is 2.61. The summed E-state index contributed by atoms with van der Waals surface area (Å²) in [6.45, 7) is 1.41. The number of aromatic hydroxyl groups is 1. The Hall–Kier alpha value is -1.12. The van der Waals surface area contributed by atoms with E-state index in [2.05, 4.69) is 0 Å². The van der Waals surface area contributed by atoms with Gasteiger partial charge >= 0.3 is 0 Å². The molecule has 1 N–H and O–H groups in total. The summed E-state index contributed by atoms with van der Waals surface area (Å²) in [4.78, 5) is 0. The Labute approximate surface area is 69.7 Å². The van der Waals surface area contributed by atoms with E-state index >= 15 is 0 Å². The highest BCUT2D eigenvalue weighted by molar-refractivity contribution is 5.29. The molecule has 0 aliphatic heterocycles. The van der Waals surface area contributed by atoms with Crippen LogP contribution < -0.4 is 0 Å². The lowest BCUT2D eigenvalue weighted by molar-refractivity contribution is -0.00847. The fourth-order valence-electron chi connectivity index (χ4n) is 0.938. The normalized spacial score (nSPS) is 11.6. The molecule has 0 bridgehead atoms. The molecule has 0 fully saturated rings. The molecule has 0 aliphatic carbocycles. The predicted octanol–water partition coefficient (Wildman–Crippen LogP) is 2.89. The molecule has 1 rings (SSSR count). The smallest absolute Gasteiger partial charge is 0.273 e. The number of benzene rings is 1. The van der Waals surface area contributed by atoms with Crippen molar-refractivity contribution < 1.29 is 13.9 Å². The predicted molar refractivity (Wildman–Crippen MR) is 42.3 cm³/mol. The van der Waals surface area contributed by atoms with Gasteiger partial charge < -0.3 is 5.11 Å². The number of halogens is 2. The van der Waals surface area contributed by atoms with E-state index in [1.807, 2.05) is 0 Å². The van der Waals surface area contributed by atoms with Crippen LogP contribution in [-0.4, -0.2) is 5.11 Å². The summed E-state index contributed by atoms with van der Waals surface area (Å²) in [7, 11) is 0. The lowest BCUT2D eigenvalue weighted by Gasteiger charge is -2.13. The van der Waals surface area contributed by atoms with E-state index in [9.17, 15) is 8.78 Å². The van der Waals surface area contributed by atoms with E-state index in [4.69, 9.17) is 5.11 Å². The molecule has 1 aromatic carbocycles. The van der Waals surface area contributed by atoms with Gasteiger partial charge in [0.25, 0.3) is 5.92 Å². The Kier molecular flexibility index (Phi) is 2.31. The summed E-state index contributed by atoms with van der Waals surface area (Å²) in [5, 5.41) is 8.94. The molecule has 0 atom stereocenters. The molecule has 0 unspecified atom stereocenters. The molecule has 0 heterocycles. The van der Waals surface area contributed by atoms with Crippen LogP contribution in [0.2, 0.25) is 0 Å². The van der Waals surface area contributed by atoms with Crippen LogP contribution in [0, 0.1) is 0 Å². The van der Waals surface area contributed by atoms with Gasteiger partial charge in [-0.1, -0.05) is 19.1 Å². The van der Waals surface area contributed by atoms with E-state index in [1.165, 1.54) is 25.1 Å². The molecular formula is C9H10F2O. The van der Waals surface area contributed by atoms with Crippen LogP contribution in [0.4, 0.5) is 8.78 Å². The van der Waals surface area contributed by atoms with Crippen molar-refractivity contribution in [2.75, 3.05) is 0 Å². The maximum atomic E-state index is 13.0. The van der Waals surface area contributed by atoms with Crippen molar-refractivity contribution in [1.82, 2.24) is 0 Å². The zero-order valence-electron chi connectivity index (χ0n) is 6.72. The van der Waals surface area contributed by atoms with Crippen LogP contribution in [0.15, 0.2) is 24.3 Å². The molecule has 0 saturated carbocycles. The number of hydrogen-bond acceptors (Lipinski definition) is 1. The fourth-order valence-corrected chi connectivity index (χ4v) is 0.938. The molecule has 0 spiro atoms. The van der Waals surface area contributed by atoms with E-state index in [0.717, 1.165) is 6.07 Å². The summed E-state index contributed by atoms with van der Waals surface area (Å²) in [6, 6.07) is 5.18. The number of hydrogen-bond donors (Lipinski definition) is 1. The van der Waals surface area contributed by atoms with Gasteiger partial charge in [-0.2, -0.15) is 0 Å². The maximum absolute atomic E-state index is 13.0. The van der Waals surface area contributed by atoms with Crippen molar-refractivity contribution in [2.45, 2.75) is 19.3 Å². The lowest BCUT2D eigenvalue weighted by atomic mass is 10.1. The minimum absolute atomic E-state index is 0.124. The molecule has 3 heteroatoms. The minimum Gasteiger partial charge on any atom is -0.508 e. The van der Waals surface area contributed by atoms with Gasteiger partial charge in [-0.3, -0.25) is 0 Å². The van der Waals surface area contributed by atoms with Crippen LogP contribution >= 0.6 is 0 Å². The first kappa shape index (κ1) is 8.97. The Balaban J connectivity index is 3.03. The highest BCUT2D eigenvalue weighted by atomic mass is 19.3. The SMILES string of the molecule is CCC(F)(F)c1cccc(O)c1. The van der Waals surface area contributed by atoms with Crippen LogP contribution in [0.25, 0.3) is 0 Å². The molecule has 0 radical (unpaired) electrons. The van der Waals surface area contributed by atoms with Crippen molar-refractivity contribution in [3.8, 4) is 5.75 Å². The first-order valence-electron chi connectivity index (χ1n) is 3.73. The van der Waals surface area contributed by atoms with E-state index < -0.39 is 5.92 Å². The van der Waals surface area contributed by atoms with E-state index in [-0.39, 0.29) is 17.7 Å². The van der Waals surface area contributed by atoms with Crippen LogP contribution in [0.3, 0.4) is 0 Å². The number of phenolic OH excluding ortho intramolecular Hbond substituents is 1. The standard InChI is InChI=1S/C9H10F2O/c1-2-9(10,11)7-4-3-5-8(12)6-7/h3-6,12H,2H2,1H3. The highest BCUT2D eigenvalue weighted by Gasteiger charge is 2.28. The Morgan fingerprint density at radius 1 is 1.42 bits per heavy atom. The Bertz CT molecular complexity index is 271. The van der Waals surface area contributed by atoms with Crippen LogP contribution in [-0.2, 0) is 5.92 Å². The van der Waals surface area contributed by atoms with Gasteiger partial charge in [-0.05, 0) is 12.1 Å². The van der Waals surface area contributed by atoms with Gasteiger partial charge in [-0.15, -0.1) is 0 Å². The van der Waals surface area contributed by atoms with Gasteiger partial charge in [0.2, 0.25) is 0 Å². The third kappa shape index (κ3) is 1.72. The largest absolute Gasteiger partial charge is 0.508 e. The summed E-state index contributed by atoms with van der Waals surface area (Å²) >= 11 is 0. The van der Waals surface area contributed by atoms with Gasteiger partial charge in [0.05, 0.1) is 0 Å². The summed E-state index contributed by atoms with van der Waals surface area (Å²) in [5.74, 6) is -2.96. The molecular weight excluding hydrogens is 162 g/mol. The second-order valence-corrected chi connectivity index (χ2v) is 2.61. The van der Waals surface area contributed by atoms with Crippen molar-refractivity contribution in [3.05, 3.63) is 29.8 Å². The molecule has 0 aliphatic rings. The quantitative estimate of drug-likeness (QED) is 0.727. The summed E-state index contributed by atoms with van der Waals surface area (Å²) in [6.07, 6.45) is -0.254. The zero-order valence-corrected chi connectivity index (χ0v) is 6.72. The Morgan fingerprint density at radius 2 is 2.08 bits per heavy atom. The first-order valence-corrected chi connectivity index (χ1v) is 3.73. The monoisotopic (exact) mass is 172 g/mol. The maximum Gasteiger partial charge on any atom is 0.273 e. The molecule has 1 aromatic rings. The minimum atomic E-state index is -2.83. The number of alkyl halides is 2. The fraction of sp³-hybridized carbons (Fsp3) is 0.333. The first-order chi connectivity index (χ1) is 5.56. The third-order valence-electron chi connectivity index (χ3n) is 1.71. The van der Waals surface area contributed by atoms with Crippen molar-refractivity contribution in [1.29, 1.82) is 0 Å². The van der Waals surface area contributed by atoms with Crippen LogP contribution in [0.5, 0.6) is 5.75 Å². The van der Waals surface area contributed by atoms with E-state index in [0.29, 0.717) is 0 Å². The van der Waals surface area contributed by atoms with Gasteiger partial charge in [-0.25, -0.2) is 8.78 Å². The molecule has 0 amide bonds. The summed E-state index contributed by atoms with van der Waals surface area (Å²) in [5.41, 5.74) is -0.134. The molecule has 0 saturated heterocycles. The Morgan fingerprint density at radius 3 is 2.58 bits per heavy atom. The molecule has 12 heavy (non-hydrogen) atoms. The number of rotatable bonds is 2. The average Bonchev–Trinajstić information content (AvgIpc) is 2.05. The molecule has 66 valence electrons. The summed E-state index contributed by atoms with van der Waals surface area (Å²) < 4.78 is 25.9. The average molecular weight is 172 g/mol. The lowest BCUT2D eigenvalue weighted by Crippen LogP contribution is -2.10. The van der Waals surface area contributed by atoms with Crippen LogP contribution in [0.1, 0.15) is 18.9 Å². The van der Waals surface area contributed by atoms with Gasteiger partial charge in [0.15, 0.2) is 0 Å². The topological polar surface area (TPSA) is 20.2 Å². The van der Waals surface area contributed by atoms with Crippen molar-refractivity contribution in [2.24, 2.45) is 0 Å². The zero-order chi connectivity index (χ0) is 9.19. The third-order valence-corrected chi connectivity index (χ3v) is 1.71. The van der Waals surface area contributed by atoms with Crippen molar-refractivity contribution in [3.63, 3.8) is 0 Å². The van der Waals surface area contributed by atoms with Crippen molar-refractivity contribution >= 4 is 0 Å². The molecule has 1 nitrogen and oxygen atoms in total. The van der Waals surface area contributed by atoms with Gasteiger partial charge in [0, 0.05) is 12.0 Å². The highest BCUT2D eigenvalue weighted by Crippen LogP contribution is 2.32.